The first-order valence-corrected chi connectivity index (χ1v) is 6.08. The molecule has 0 bridgehead atoms. The maximum Gasteiger partial charge on any atom is 0.141 e. The third-order valence-corrected chi connectivity index (χ3v) is 2.77. The summed E-state index contributed by atoms with van der Waals surface area (Å²) in [7, 11) is 0. The van der Waals surface area contributed by atoms with Gasteiger partial charge >= 0.3 is 0 Å². The molecule has 2 heterocycles. The Labute approximate surface area is 106 Å². The number of anilines is 1. The molecule has 0 saturated heterocycles. The van der Waals surface area contributed by atoms with Crippen LogP contribution in [0.15, 0.2) is 24.8 Å². The van der Waals surface area contributed by atoms with Gasteiger partial charge in [0.15, 0.2) is 0 Å². The maximum atomic E-state index is 5.94. The van der Waals surface area contributed by atoms with Gasteiger partial charge in [-0.3, -0.25) is 10.1 Å². The average molecular weight is 246 g/mol. The Hall–Kier alpha value is -1.95. The fourth-order valence-electron chi connectivity index (χ4n) is 1.80. The van der Waals surface area contributed by atoms with Gasteiger partial charge in [-0.05, 0) is 31.0 Å². The van der Waals surface area contributed by atoms with Crippen LogP contribution in [-0.4, -0.2) is 26.7 Å². The molecule has 0 spiro atoms. The van der Waals surface area contributed by atoms with Crippen molar-refractivity contribution in [3.05, 3.63) is 36.2 Å². The molecule has 18 heavy (non-hydrogen) atoms. The van der Waals surface area contributed by atoms with E-state index in [2.05, 4.69) is 32.4 Å². The van der Waals surface area contributed by atoms with Crippen molar-refractivity contribution in [1.29, 1.82) is 0 Å². The maximum absolute atomic E-state index is 5.94. The van der Waals surface area contributed by atoms with Crippen LogP contribution in [0.2, 0.25) is 0 Å². The van der Waals surface area contributed by atoms with Crippen LogP contribution in [0.3, 0.4) is 0 Å². The molecule has 6 nitrogen and oxygen atoms in total. The molecule has 0 saturated carbocycles. The number of rotatable bonds is 6. The summed E-state index contributed by atoms with van der Waals surface area (Å²) in [6.45, 7) is 3.05. The van der Waals surface area contributed by atoms with Crippen LogP contribution in [0.1, 0.15) is 30.8 Å². The van der Waals surface area contributed by atoms with Gasteiger partial charge in [-0.25, -0.2) is 4.98 Å². The number of nitrogens with two attached hydrogens (primary N) is 1. The van der Waals surface area contributed by atoms with Crippen LogP contribution in [0.25, 0.3) is 0 Å². The summed E-state index contributed by atoms with van der Waals surface area (Å²) < 4.78 is 0. The van der Waals surface area contributed by atoms with Crippen LogP contribution in [0.5, 0.6) is 0 Å². The average Bonchev–Trinajstić information content (AvgIpc) is 2.90. The smallest absolute Gasteiger partial charge is 0.141 e. The summed E-state index contributed by atoms with van der Waals surface area (Å²) in [5, 5.41) is 10.2. The quantitative estimate of drug-likeness (QED) is 0.709. The summed E-state index contributed by atoms with van der Waals surface area (Å²) in [5.74, 6) is 0.826. The van der Waals surface area contributed by atoms with Gasteiger partial charge in [0.1, 0.15) is 12.2 Å². The number of H-pyrrole nitrogens is 1. The Bertz CT molecular complexity index is 467. The Balaban J connectivity index is 2.13. The fraction of sp³-hybridized carbons (Fsp3) is 0.417. The third kappa shape index (κ3) is 3.04. The number of aromatic nitrogens is 4. The first kappa shape index (κ1) is 12.5. The summed E-state index contributed by atoms with van der Waals surface area (Å²) in [5.41, 5.74) is 7.71. The Kier molecular flexibility index (Phi) is 4.25. The summed E-state index contributed by atoms with van der Waals surface area (Å²) in [6, 6.07) is 1.89. The van der Waals surface area contributed by atoms with E-state index in [4.69, 9.17) is 5.73 Å². The summed E-state index contributed by atoms with van der Waals surface area (Å²) in [6.07, 6.45) is 6.82. The van der Waals surface area contributed by atoms with E-state index in [1.807, 2.05) is 6.07 Å². The molecule has 2 rings (SSSR count). The molecule has 1 unspecified atom stereocenters. The van der Waals surface area contributed by atoms with Crippen molar-refractivity contribution in [3.63, 3.8) is 0 Å². The second-order valence-corrected chi connectivity index (χ2v) is 4.16. The molecular weight excluding hydrogens is 228 g/mol. The van der Waals surface area contributed by atoms with Gasteiger partial charge in [-0.15, -0.1) is 0 Å². The third-order valence-electron chi connectivity index (χ3n) is 2.77. The zero-order valence-electron chi connectivity index (χ0n) is 10.4. The Morgan fingerprint density at radius 1 is 1.50 bits per heavy atom. The van der Waals surface area contributed by atoms with Crippen LogP contribution >= 0.6 is 0 Å². The highest BCUT2D eigenvalue weighted by molar-refractivity contribution is 5.44. The number of nitrogens with one attached hydrogen (secondary N) is 2. The van der Waals surface area contributed by atoms with Crippen molar-refractivity contribution in [2.24, 2.45) is 0 Å². The second kappa shape index (κ2) is 6.11. The van der Waals surface area contributed by atoms with Gasteiger partial charge in [0, 0.05) is 18.1 Å². The van der Waals surface area contributed by atoms with Gasteiger partial charge in [0.25, 0.3) is 0 Å². The molecule has 0 aliphatic carbocycles. The lowest BCUT2D eigenvalue weighted by Crippen LogP contribution is -2.25. The summed E-state index contributed by atoms with van der Waals surface area (Å²) in [4.78, 5) is 8.31. The van der Waals surface area contributed by atoms with Crippen LogP contribution in [0, 0.1) is 0 Å². The largest absolute Gasteiger partial charge is 0.398 e. The van der Waals surface area contributed by atoms with Crippen LogP contribution < -0.4 is 11.1 Å². The van der Waals surface area contributed by atoms with E-state index in [-0.39, 0.29) is 6.04 Å². The molecule has 96 valence electrons. The molecule has 2 aromatic rings. The van der Waals surface area contributed by atoms with E-state index in [1.165, 1.54) is 6.33 Å². The molecule has 0 fully saturated rings. The highest BCUT2D eigenvalue weighted by Crippen LogP contribution is 2.18. The minimum Gasteiger partial charge on any atom is -0.398 e. The van der Waals surface area contributed by atoms with E-state index >= 15 is 0 Å². The van der Waals surface area contributed by atoms with Crippen molar-refractivity contribution < 1.29 is 0 Å². The SMILES string of the molecule is CCCNC(Cc1cnccc1N)c1ncn[nH]1. The highest BCUT2D eigenvalue weighted by Gasteiger charge is 2.15. The van der Waals surface area contributed by atoms with Gasteiger partial charge < -0.3 is 11.1 Å². The van der Waals surface area contributed by atoms with Gasteiger partial charge in [0.2, 0.25) is 0 Å². The lowest BCUT2D eigenvalue weighted by Gasteiger charge is -2.16. The standard InChI is InChI=1S/C12H18N6/c1-2-4-15-11(12-16-8-17-18-12)6-9-7-14-5-3-10(9)13/h3,5,7-8,11,15H,2,4,6H2,1H3,(H2,13,14)(H,16,17,18). The van der Waals surface area contributed by atoms with E-state index in [0.717, 1.165) is 36.5 Å². The van der Waals surface area contributed by atoms with Crippen molar-refractivity contribution in [1.82, 2.24) is 25.5 Å². The van der Waals surface area contributed by atoms with Crippen molar-refractivity contribution >= 4 is 5.69 Å². The number of aromatic amines is 1. The monoisotopic (exact) mass is 246 g/mol. The number of hydrogen-bond donors (Lipinski definition) is 3. The van der Waals surface area contributed by atoms with Crippen molar-refractivity contribution in [2.75, 3.05) is 12.3 Å². The van der Waals surface area contributed by atoms with E-state index in [0.29, 0.717) is 0 Å². The van der Waals surface area contributed by atoms with Gasteiger partial charge in [-0.2, -0.15) is 5.10 Å². The number of nitrogens with zero attached hydrogens (tertiary/aromatic N) is 3. The highest BCUT2D eigenvalue weighted by atomic mass is 15.2. The normalized spacial score (nSPS) is 12.5. The predicted octanol–water partition coefficient (Wildman–Crippen LogP) is 1.07. The first-order chi connectivity index (χ1) is 8.81. The summed E-state index contributed by atoms with van der Waals surface area (Å²) >= 11 is 0. The fourth-order valence-corrected chi connectivity index (χ4v) is 1.80. The molecule has 1 atom stereocenters. The predicted molar refractivity (Wildman–Crippen MR) is 69.8 cm³/mol. The number of nitrogen functional groups attached to an aromatic ring is 1. The molecule has 0 aliphatic rings. The van der Waals surface area contributed by atoms with Crippen molar-refractivity contribution in [2.45, 2.75) is 25.8 Å². The first-order valence-electron chi connectivity index (χ1n) is 6.08. The lowest BCUT2D eigenvalue weighted by molar-refractivity contribution is 0.506. The Morgan fingerprint density at radius 3 is 3.06 bits per heavy atom. The molecule has 2 aromatic heterocycles. The van der Waals surface area contributed by atoms with E-state index in [1.54, 1.807) is 12.4 Å². The van der Waals surface area contributed by atoms with Crippen LogP contribution in [0.4, 0.5) is 5.69 Å². The van der Waals surface area contributed by atoms with E-state index < -0.39 is 0 Å². The van der Waals surface area contributed by atoms with Gasteiger partial charge in [0.05, 0.1) is 6.04 Å². The molecule has 4 N–H and O–H groups in total. The van der Waals surface area contributed by atoms with Crippen LogP contribution in [-0.2, 0) is 6.42 Å². The molecular formula is C12H18N6. The second-order valence-electron chi connectivity index (χ2n) is 4.16. The van der Waals surface area contributed by atoms with E-state index in [9.17, 15) is 0 Å². The minimum absolute atomic E-state index is 0.0824. The Morgan fingerprint density at radius 2 is 2.39 bits per heavy atom. The molecule has 6 heteroatoms. The molecule has 0 aromatic carbocycles. The zero-order chi connectivity index (χ0) is 12.8. The van der Waals surface area contributed by atoms with Gasteiger partial charge in [-0.1, -0.05) is 6.92 Å². The number of hydrogen-bond acceptors (Lipinski definition) is 5. The zero-order valence-corrected chi connectivity index (χ0v) is 10.4. The number of pyridine rings is 1. The topological polar surface area (TPSA) is 92.5 Å². The molecule has 0 radical (unpaired) electrons. The molecule has 0 aliphatic heterocycles. The lowest BCUT2D eigenvalue weighted by atomic mass is 10.1. The minimum atomic E-state index is 0.0824. The van der Waals surface area contributed by atoms with Crippen molar-refractivity contribution in [3.8, 4) is 0 Å². The molecule has 0 amide bonds.